The van der Waals surface area contributed by atoms with Gasteiger partial charge in [-0.25, -0.2) is 15.0 Å². The second kappa shape index (κ2) is 9.40. The number of hydrogen-bond donors (Lipinski definition) is 0. The van der Waals surface area contributed by atoms with E-state index >= 15 is 0 Å². The minimum Gasteiger partial charge on any atom is -0.300 e. The molecular weight excluding hydrogens is 518 g/mol. The van der Waals surface area contributed by atoms with Gasteiger partial charge in [-0.05, 0) is 25.1 Å². The standard InChI is InChI=1S/C15H10Cl7N3OS/c1-7(26)4-5-27-10-3-2-8(6-9(10)16)11-23-12(14(17,18)19)25-13(24-11)15(20,21)22/h2-3,6H,4-5H2,1H3. The molecule has 0 unspecified atom stereocenters. The molecular formula is C15H10Cl7N3OS. The first-order valence-electron chi connectivity index (χ1n) is 7.20. The van der Waals surface area contributed by atoms with Crippen molar-refractivity contribution in [1.29, 1.82) is 0 Å². The Morgan fingerprint density at radius 3 is 2.00 bits per heavy atom. The molecule has 4 nitrogen and oxygen atoms in total. The predicted molar refractivity (Wildman–Crippen MR) is 115 cm³/mol. The summed E-state index contributed by atoms with van der Waals surface area (Å²) in [5.41, 5.74) is 0.518. The molecule has 0 spiro atoms. The van der Waals surface area contributed by atoms with E-state index in [0.29, 0.717) is 22.8 Å². The van der Waals surface area contributed by atoms with Crippen molar-refractivity contribution in [2.45, 2.75) is 25.8 Å². The lowest BCUT2D eigenvalue weighted by Crippen LogP contribution is -2.16. The van der Waals surface area contributed by atoms with Gasteiger partial charge in [-0.3, -0.25) is 4.79 Å². The van der Waals surface area contributed by atoms with Gasteiger partial charge in [-0.15, -0.1) is 11.8 Å². The number of carbonyl (C=O) groups is 1. The summed E-state index contributed by atoms with van der Waals surface area (Å²) < 4.78 is -3.87. The van der Waals surface area contributed by atoms with Gasteiger partial charge in [0.05, 0.1) is 5.02 Å². The Morgan fingerprint density at radius 2 is 1.56 bits per heavy atom. The van der Waals surface area contributed by atoms with Gasteiger partial charge in [0.2, 0.25) is 7.59 Å². The van der Waals surface area contributed by atoms with Crippen LogP contribution >= 0.6 is 93.0 Å². The molecule has 146 valence electrons. The zero-order valence-corrected chi connectivity index (χ0v) is 19.6. The van der Waals surface area contributed by atoms with E-state index in [-0.39, 0.29) is 23.3 Å². The Bertz CT molecular complexity index is 820. The van der Waals surface area contributed by atoms with Gasteiger partial charge >= 0.3 is 0 Å². The fraction of sp³-hybridized carbons (Fsp3) is 0.333. The highest BCUT2D eigenvalue weighted by atomic mass is 35.6. The molecule has 0 aliphatic heterocycles. The highest BCUT2D eigenvalue weighted by Gasteiger charge is 2.34. The summed E-state index contributed by atoms with van der Waals surface area (Å²) in [5, 5.41) is 0.451. The number of nitrogens with zero attached hydrogens (tertiary/aromatic N) is 3. The smallest absolute Gasteiger partial charge is 0.250 e. The van der Waals surface area contributed by atoms with Crippen LogP contribution in [0.1, 0.15) is 25.0 Å². The molecule has 27 heavy (non-hydrogen) atoms. The van der Waals surface area contributed by atoms with E-state index in [1.54, 1.807) is 18.2 Å². The van der Waals surface area contributed by atoms with Gasteiger partial charge in [0.15, 0.2) is 17.5 Å². The van der Waals surface area contributed by atoms with Gasteiger partial charge in [-0.2, -0.15) is 0 Å². The number of halogens is 7. The van der Waals surface area contributed by atoms with E-state index < -0.39 is 7.59 Å². The summed E-state index contributed by atoms with van der Waals surface area (Å²) >= 11 is 43.0. The van der Waals surface area contributed by atoms with E-state index in [4.69, 9.17) is 81.2 Å². The number of ketones is 1. The van der Waals surface area contributed by atoms with Crippen molar-refractivity contribution in [3.63, 3.8) is 0 Å². The maximum Gasteiger partial charge on any atom is 0.250 e. The fourth-order valence-corrected chi connectivity index (χ4v) is 3.64. The summed E-state index contributed by atoms with van der Waals surface area (Å²) in [6.07, 6.45) is 0.454. The molecule has 2 rings (SSSR count). The van der Waals surface area contributed by atoms with E-state index in [1.807, 2.05) is 0 Å². The molecule has 0 aliphatic rings. The maximum atomic E-state index is 11.1. The molecule has 1 aromatic carbocycles. The Kier molecular flexibility index (Phi) is 8.20. The molecule has 0 aliphatic carbocycles. The van der Waals surface area contributed by atoms with Crippen LogP contribution in [0, 0.1) is 0 Å². The Hall–Kier alpha value is 0.280. The second-order valence-electron chi connectivity index (χ2n) is 5.25. The third-order valence-electron chi connectivity index (χ3n) is 3.04. The SMILES string of the molecule is CC(=O)CCSc1ccc(-c2nc(C(Cl)(Cl)Cl)nc(C(Cl)(Cl)Cl)n2)cc1Cl. The predicted octanol–water partition coefficient (Wildman–Crippen LogP) is 6.92. The van der Waals surface area contributed by atoms with Gasteiger partial charge < -0.3 is 0 Å². The van der Waals surface area contributed by atoms with Crippen molar-refractivity contribution in [3.05, 3.63) is 34.9 Å². The number of carbonyl (C=O) groups excluding carboxylic acids is 1. The minimum atomic E-state index is -1.94. The zero-order valence-electron chi connectivity index (χ0n) is 13.5. The van der Waals surface area contributed by atoms with Crippen LogP contribution in [0.4, 0.5) is 0 Å². The van der Waals surface area contributed by atoms with Crippen molar-refractivity contribution in [2.24, 2.45) is 0 Å². The van der Waals surface area contributed by atoms with Crippen molar-refractivity contribution >= 4 is 98.8 Å². The first-order valence-corrected chi connectivity index (χ1v) is 10.8. The summed E-state index contributed by atoms with van der Waals surface area (Å²) in [6.45, 7) is 1.54. The number of rotatable bonds is 5. The largest absolute Gasteiger partial charge is 0.300 e. The molecule has 12 heteroatoms. The van der Waals surface area contributed by atoms with Crippen LogP contribution in [0.2, 0.25) is 5.02 Å². The molecule has 1 heterocycles. The van der Waals surface area contributed by atoms with Crippen LogP contribution in [0.25, 0.3) is 11.4 Å². The highest BCUT2D eigenvalue weighted by molar-refractivity contribution is 7.99. The summed E-state index contributed by atoms with van der Waals surface area (Å²) in [7, 11) is 0. The fourth-order valence-electron chi connectivity index (χ4n) is 1.82. The monoisotopic (exact) mass is 525 g/mol. The van der Waals surface area contributed by atoms with Crippen LogP contribution in [-0.4, -0.2) is 26.5 Å². The third-order valence-corrected chi connectivity index (χ3v) is 5.56. The van der Waals surface area contributed by atoms with Crippen molar-refractivity contribution < 1.29 is 4.79 Å². The number of hydrogen-bond acceptors (Lipinski definition) is 5. The molecule has 0 fully saturated rings. The zero-order chi connectivity index (χ0) is 20.4. The van der Waals surface area contributed by atoms with Crippen LogP contribution in [-0.2, 0) is 12.4 Å². The lowest BCUT2D eigenvalue weighted by molar-refractivity contribution is -0.116. The Balaban J connectivity index is 2.42. The topological polar surface area (TPSA) is 55.7 Å². The van der Waals surface area contributed by atoms with Gasteiger partial charge in [0, 0.05) is 22.6 Å². The van der Waals surface area contributed by atoms with Crippen molar-refractivity contribution in [2.75, 3.05) is 5.75 Å². The van der Waals surface area contributed by atoms with Crippen LogP contribution in [0.3, 0.4) is 0 Å². The molecule has 0 radical (unpaired) electrons. The van der Waals surface area contributed by atoms with E-state index in [2.05, 4.69) is 15.0 Å². The maximum absolute atomic E-state index is 11.1. The molecule has 0 saturated carbocycles. The van der Waals surface area contributed by atoms with E-state index in [0.717, 1.165) is 4.90 Å². The summed E-state index contributed by atoms with van der Waals surface area (Å²) in [4.78, 5) is 24.1. The average molecular weight is 529 g/mol. The number of Topliss-reactive ketones (excluding diaryl/α,β-unsaturated/α-hetero) is 1. The first-order chi connectivity index (χ1) is 12.4. The summed E-state index contributed by atoms with van der Waals surface area (Å²) in [5.74, 6) is 0.494. The number of thioether (sulfide) groups is 1. The van der Waals surface area contributed by atoms with Crippen molar-refractivity contribution in [1.82, 2.24) is 15.0 Å². The molecule has 0 atom stereocenters. The quantitative estimate of drug-likeness (QED) is 0.312. The molecule has 0 bridgehead atoms. The van der Waals surface area contributed by atoms with E-state index in [9.17, 15) is 4.79 Å². The molecule has 0 saturated heterocycles. The highest BCUT2D eigenvalue weighted by Crippen LogP contribution is 2.41. The molecule has 1 aromatic heterocycles. The van der Waals surface area contributed by atoms with Gasteiger partial charge in [0.25, 0.3) is 0 Å². The molecule has 2 aromatic rings. The lowest BCUT2D eigenvalue weighted by atomic mass is 10.2. The summed E-state index contributed by atoms with van der Waals surface area (Å²) in [6, 6.07) is 5.13. The van der Waals surface area contributed by atoms with Gasteiger partial charge in [0.1, 0.15) is 5.78 Å². The second-order valence-corrected chi connectivity index (χ2v) is 11.4. The van der Waals surface area contributed by atoms with Crippen LogP contribution in [0.5, 0.6) is 0 Å². The minimum absolute atomic E-state index is 0.110. The Morgan fingerprint density at radius 1 is 1.00 bits per heavy atom. The van der Waals surface area contributed by atoms with E-state index in [1.165, 1.54) is 18.7 Å². The number of aromatic nitrogens is 3. The third kappa shape index (κ3) is 6.93. The first kappa shape index (κ1) is 23.6. The van der Waals surface area contributed by atoms with Crippen molar-refractivity contribution in [3.8, 4) is 11.4 Å². The normalized spacial score (nSPS) is 12.3. The molecule has 0 N–H and O–H groups in total. The van der Waals surface area contributed by atoms with Crippen LogP contribution < -0.4 is 0 Å². The van der Waals surface area contributed by atoms with Gasteiger partial charge in [-0.1, -0.05) is 81.2 Å². The average Bonchev–Trinajstić information content (AvgIpc) is 2.54. The van der Waals surface area contributed by atoms with Crippen LogP contribution in [0.15, 0.2) is 23.1 Å². The lowest BCUT2D eigenvalue weighted by Gasteiger charge is -2.16. The Labute approximate surface area is 195 Å². The number of benzene rings is 1. The molecule has 0 amide bonds. The number of alkyl halides is 6.